The highest BCUT2D eigenvalue weighted by atomic mass is 32.2. The first kappa shape index (κ1) is 24.0. The number of carboxylic acids is 1. The molecule has 2 aliphatic rings. The number of hydrogen-bond acceptors (Lipinski definition) is 9. The SMILES string of the molecule is Cc1nnc(SCC2=C(C(=O)O)N3C(=O)C(NC(=O)CS(=O)CC(F)(F)F)[C@H]3SC2)s1. The number of nitrogens with zero attached hydrogens (tertiary/aromatic N) is 3. The van der Waals surface area contributed by atoms with Gasteiger partial charge >= 0.3 is 12.1 Å². The number of aliphatic carboxylic acids is 1. The topological polar surface area (TPSA) is 130 Å². The maximum Gasteiger partial charge on any atom is 0.400 e. The summed E-state index contributed by atoms with van der Waals surface area (Å²) in [5.74, 6) is -4.89. The van der Waals surface area contributed by atoms with Gasteiger partial charge in [-0.15, -0.1) is 22.0 Å². The van der Waals surface area contributed by atoms with E-state index < -0.39 is 57.7 Å². The summed E-state index contributed by atoms with van der Waals surface area (Å²) in [5.41, 5.74) is 0.338. The summed E-state index contributed by atoms with van der Waals surface area (Å²) in [4.78, 5) is 37.3. The minimum atomic E-state index is -4.67. The number of aryl methyl sites for hydroxylation is 1. The van der Waals surface area contributed by atoms with Gasteiger partial charge in [0.2, 0.25) is 5.91 Å². The van der Waals surface area contributed by atoms with Crippen LogP contribution < -0.4 is 5.32 Å². The lowest BCUT2D eigenvalue weighted by molar-refractivity contribution is -0.150. The fourth-order valence-electron chi connectivity index (χ4n) is 2.87. The number of alkyl halides is 3. The van der Waals surface area contributed by atoms with E-state index in [4.69, 9.17) is 0 Å². The van der Waals surface area contributed by atoms with E-state index in [1.54, 1.807) is 6.92 Å². The molecule has 0 aromatic carbocycles. The standard InChI is InChI=1S/C15H15F3N4O5S4/c1-6-20-21-14(30-6)29-3-7-2-28-12-9(11(24)22(12)10(7)13(25)26)19-8(23)4-31(27)5-15(16,17)18/h9,12H,2-5H2,1H3,(H,19,23)(H,25,26)/t9?,12-,31?/m1/s1. The molecule has 1 fully saturated rings. The summed E-state index contributed by atoms with van der Waals surface area (Å²) >= 11 is 3.89. The van der Waals surface area contributed by atoms with Crippen molar-refractivity contribution in [2.45, 2.75) is 28.9 Å². The van der Waals surface area contributed by atoms with Crippen LogP contribution in [0.15, 0.2) is 15.6 Å². The molecule has 0 radical (unpaired) electrons. The summed E-state index contributed by atoms with van der Waals surface area (Å²) < 4.78 is 48.8. The van der Waals surface area contributed by atoms with Gasteiger partial charge in [-0.3, -0.25) is 18.7 Å². The smallest absolute Gasteiger partial charge is 0.400 e. The minimum Gasteiger partial charge on any atom is -0.477 e. The Balaban J connectivity index is 1.64. The second-order valence-corrected chi connectivity index (χ2v) is 11.4. The number of carbonyl (C=O) groups is 3. The van der Waals surface area contributed by atoms with Crippen LogP contribution in [0.5, 0.6) is 0 Å². The molecule has 0 bridgehead atoms. The van der Waals surface area contributed by atoms with E-state index >= 15 is 0 Å². The average molecular weight is 517 g/mol. The van der Waals surface area contributed by atoms with Gasteiger partial charge in [0, 0.05) is 22.3 Å². The molecule has 2 unspecified atom stereocenters. The van der Waals surface area contributed by atoms with Crippen LogP contribution in [0.25, 0.3) is 0 Å². The Morgan fingerprint density at radius 3 is 2.68 bits per heavy atom. The van der Waals surface area contributed by atoms with Gasteiger partial charge in [-0.1, -0.05) is 23.1 Å². The maximum absolute atomic E-state index is 12.5. The second-order valence-electron chi connectivity index (χ2n) is 6.43. The van der Waals surface area contributed by atoms with E-state index in [1.807, 2.05) is 0 Å². The van der Waals surface area contributed by atoms with Gasteiger partial charge in [0.1, 0.15) is 33.6 Å². The summed E-state index contributed by atoms with van der Waals surface area (Å²) in [7, 11) is -2.46. The van der Waals surface area contributed by atoms with Gasteiger partial charge in [0.25, 0.3) is 5.91 Å². The predicted octanol–water partition coefficient (Wildman–Crippen LogP) is 0.988. The van der Waals surface area contributed by atoms with E-state index in [2.05, 4.69) is 15.5 Å². The molecule has 1 saturated heterocycles. The highest BCUT2D eigenvalue weighted by Crippen LogP contribution is 2.41. The van der Waals surface area contributed by atoms with E-state index in [1.165, 1.54) is 34.9 Å². The summed E-state index contributed by atoms with van der Waals surface area (Å²) in [5, 5.41) is 19.8. The first-order valence-corrected chi connectivity index (χ1v) is 12.8. The number of carboxylic acid groups (broad SMARTS) is 1. The van der Waals surface area contributed by atoms with Crippen LogP contribution in [0.4, 0.5) is 13.2 Å². The largest absolute Gasteiger partial charge is 0.477 e. The molecule has 0 aliphatic carbocycles. The molecule has 31 heavy (non-hydrogen) atoms. The van der Waals surface area contributed by atoms with Crippen LogP contribution in [-0.2, 0) is 25.2 Å². The Hall–Kier alpha value is -1.65. The number of amides is 2. The third kappa shape index (κ3) is 5.78. The molecule has 170 valence electrons. The van der Waals surface area contributed by atoms with Gasteiger partial charge in [-0.2, -0.15) is 13.2 Å². The number of halogens is 3. The van der Waals surface area contributed by atoms with Crippen molar-refractivity contribution in [1.82, 2.24) is 20.4 Å². The molecule has 9 nitrogen and oxygen atoms in total. The molecule has 0 spiro atoms. The number of thioether (sulfide) groups is 2. The van der Waals surface area contributed by atoms with Crippen molar-refractivity contribution in [3.63, 3.8) is 0 Å². The lowest BCUT2D eigenvalue weighted by atomic mass is 10.0. The highest BCUT2D eigenvalue weighted by Gasteiger charge is 2.54. The molecule has 2 N–H and O–H groups in total. The summed E-state index contributed by atoms with van der Waals surface area (Å²) in [6.45, 7) is 1.79. The van der Waals surface area contributed by atoms with Gasteiger partial charge in [0.05, 0.1) is 0 Å². The highest BCUT2D eigenvalue weighted by molar-refractivity contribution is 8.01. The van der Waals surface area contributed by atoms with E-state index in [9.17, 15) is 36.9 Å². The lowest BCUT2D eigenvalue weighted by Crippen LogP contribution is -2.70. The zero-order chi connectivity index (χ0) is 22.9. The van der Waals surface area contributed by atoms with Gasteiger partial charge in [0.15, 0.2) is 4.34 Å². The number of hydrogen-bond donors (Lipinski definition) is 2. The van der Waals surface area contributed by atoms with Gasteiger partial charge < -0.3 is 10.4 Å². The molecule has 2 aliphatic heterocycles. The van der Waals surface area contributed by atoms with Crippen LogP contribution >= 0.6 is 34.9 Å². The van der Waals surface area contributed by atoms with Crippen molar-refractivity contribution < 1.29 is 36.9 Å². The van der Waals surface area contributed by atoms with E-state index in [0.717, 1.165) is 9.91 Å². The molecule has 1 aromatic rings. The first-order chi connectivity index (χ1) is 14.5. The Kier molecular flexibility index (Phi) is 7.32. The fraction of sp³-hybridized carbons (Fsp3) is 0.533. The Morgan fingerprint density at radius 1 is 1.39 bits per heavy atom. The van der Waals surface area contributed by atoms with Crippen LogP contribution in [-0.4, -0.2) is 82.8 Å². The number of β-lactam (4-membered cyclic amide) rings is 1. The summed E-state index contributed by atoms with van der Waals surface area (Å²) in [6.07, 6.45) is -4.67. The number of carbonyl (C=O) groups excluding carboxylic acids is 2. The third-order valence-electron chi connectivity index (χ3n) is 4.06. The Labute approximate surface area is 188 Å². The minimum absolute atomic E-state index is 0.173. The van der Waals surface area contributed by atoms with Crippen molar-refractivity contribution in [1.29, 1.82) is 0 Å². The molecule has 3 atom stereocenters. The molecular formula is C15H15F3N4O5S4. The number of rotatable bonds is 8. The van der Waals surface area contributed by atoms with Crippen LogP contribution in [0.2, 0.25) is 0 Å². The van der Waals surface area contributed by atoms with Gasteiger partial charge in [-0.05, 0) is 12.5 Å². The number of fused-ring (bicyclic) bond motifs is 1. The zero-order valence-corrected chi connectivity index (χ0v) is 18.9. The maximum atomic E-state index is 12.5. The van der Waals surface area contributed by atoms with E-state index in [-0.39, 0.29) is 17.2 Å². The molecule has 0 saturated carbocycles. The molecule has 1 aromatic heterocycles. The van der Waals surface area contributed by atoms with Crippen LogP contribution in [0, 0.1) is 6.92 Å². The third-order valence-corrected chi connectivity index (χ3v) is 8.69. The van der Waals surface area contributed by atoms with Gasteiger partial charge in [-0.25, -0.2) is 4.79 Å². The van der Waals surface area contributed by atoms with Crippen molar-refractivity contribution in [2.75, 3.05) is 23.0 Å². The molecule has 2 amide bonds. The predicted molar refractivity (Wildman–Crippen MR) is 109 cm³/mol. The molecular weight excluding hydrogens is 501 g/mol. The van der Waals surface area contributed by atoms with Crippen molar-refractivity contribution in [3.05, 3.63) is 16.3 Å². The monoisotopic (exact) mass is 516 g/mol. The molecule has 3 heterocycles. The average Bonchev–Trinajstić information content (AvgIpc) is 3.07. The Morgan fingerprint density at radius 2 is 2.10 bits per heavy atom. The van der Waals surface area contributed by atoms with Crippen LogP contribution in [0.3, 0.4) is 0 Å². The fourth-order valence-corrected chi connectivity index (χ4v) is 7.02. The quantitative estimate of drug-likeness (QED) is 0.384. The second kappa shape index (κ2) is 9.46. The van der Waals surface area contributed by atoms with Crippen molar-refractivity contribution >= 4 is 63.4 Å². The zero-order valence-electron chi connectivity index (χ0n) is 15.7. The molecule has 16 heteroatoms. The molecule has 3 rings (SSSR count). The first-order valence-electron chi connectivity index (χ1n) is 8.50. The normalized spacial score (nSPS) is 22.1. The number of aromatic nitrogens is 2. The van der Waals surface area contributed by atoms with E-state index in [0.29, 0.717) is 9.91 Å². The summed E-state index contributed by atoms with van der Waals surface area (Å²) in [6, 6.07) is -1.09. The Bertz CT molecular complexity index is 967. The number of nitrogens with one attached hydrogen (secondary N) is 1. The van der Waals surface area contributed by atoms with Crippen LogP contribution in [0.1, 0.15) is 5.01 Å². The van der Waals surface area contributed by atoms with Crippen molar-refractivity contribution in [3.8, 4) is 0 Å². The van der Waals surface area contributed by atoms with Crippen molar-refractivity contribution in [2.24, 2.45) is 0 Å². The lowest BCUT2D eigenvalue weighted by Gasteiger charge is -2.49.